The second kappa shape index (κ2) is 8.33. The molecule has 1 aliphatic carbocycles. The molecular weight excluding hydrogens is 312 g/mol. The Balaban J connectivity index is 1.45. The van der Waals surface area contributed by atoms with Crippen molar-refractivity contribution in [3.8, 4) is 0 Å². The first-order chi connectivity index (χ1) is 12.1. The second-order valence-electron chi connectivity index (χ2n) is 7.93. The van der Waals surface area contributed by atoms with Crippen LogP contribution in [0.2, 0.25) is 0 Å². The lowest BCUT2D eigenvalue weighted by Crippen LogP contribution is -2.47. The van der Waals surface area contributed by atoms with Crippen molar-refractivity contribution < 1.29 is 9.53 Å². The molecular formula is C21H32N2O2. The predicted octanol–water partition coefficient (Wildman–Crippen LogP) is 3.11. The van der Waals surface area contributed by atoms with Crippen molar-refractivity contribution in [3.05, 3.63) is 35.9 Å². The molecule has 1 N–H and O–H groups in total. The van der Waals surface area contributed by atoms with Crippen molar-refractivity contribution >= 4 is 5.91 Å². The Morgan fingerprint density at radius 2 is 1.92 bits per heavy atom. The number of hydrogen-bond donors (Lipinski definition) is 1. The van der Waals surface area contributed by atoms with Gasteiger partial charge in [0.1, 0.15) is 0 Å². The van der Waals surface area contributed by atoms with Crippen molar-refractivity contribution in [1.82, 2.24) is 10.2 Å². The molecule has 1 saturated carbocycles. The lowest BCUT2D eigenvalue weighted by Gasteiger charge is -2.34. The Morgan fingerprint density at radius 3 is 2.60 bits per heavy atom. The summed E-state index contributed by atoms with van der Waals surface area (Å²) in [6.45, 7) is 4.68. The molecule has 2 fully saturated rings. The first-order valence-corrected chi connectivity index (χ1v) is 9.69. The van der Waals surface area contributed by atoms with Gasteiger partial charge in [0, 0.05) is 32.3 Å². The summed E-state index contributed by atoms with van der Waals surface area (Å²) in [4.78, 5) is 14.1. The Labute approximate surface area is 151 Å². The van der Waals surface area contributed by atoms with E-state index in [1.807, 2.05) is 4.90 Å². The van der Waals surface area contributed by atoms with Crippen LogP contribution in [0.5, 0.6) is 0 Å². The summed E-state index contributed by atoms with van der Waals surface area (Å²) in [5.41, 5.74) is 1.77. The summed E-state index contributed by atoms with van der Waals surface area (Å²) in [6, 6.07) is 12.1. The van der Waals surface area contributed by atoms with Gasteiger partial charge in [-0.05, 0) is 43.1 Å². The minimum atomic E-state index is 0.234. The molecule has 1 saturated heterocycles. The zero-order valence-electron chi connectivity index (χ0n) is 15.7. The number of nitrogens with zero attached hydrogens (tertiary/aromatic N) is 1. The third-order valence-electron chi connectivity index (χ3n) is 6.05. The van der Waals surface area contributed by atoms with Crippen LogP contribution in [0.3, 0.4) is 0 Å². The highest BCUT2D eigenvalue weighted by Crippen LogP contribution is 2.41. The molecule has 1 amide bonds. The van der Waals surface area contributed by atoms with Crippen LogP contribution in [0, 0.1) is 0 Å². The first kappa shape index (κ1) is 18.4. The molecule has 1 aliphatic heterocycles. The van der Waals surface area contributed by atoms with E-state index < -0.39 is 0 Å². The molecule has 1 heterocycles. The van der Waals surface area contributed by atoms with E-state index in [1.54, 1.807) is 7.11 Å². The van der Waals surface area contributed by atoms with E-state index in [0.29, 0.717) is 30.5 Å². The molecule has 2 aliphatic rings. The van der Waals surface area contributed by atoms with E-state index in [4.69, 9.17) is 4.74 Å². The predicted molar refractivity (Wildman–Crippen MR) is 101 cm³/mol. The van der Waals surface area contributed by atoms with Gasteiger partial charge < -0.3 is 15.0 Å². The molecule has 4 nitrogen and oxygen atoms in total. The molecule has 4 heteroatoms. The van der Waals surface area contributed by atoms with Gasteiger partial charge >= 0.3 is 0 Å². The Bertz CT molecular complexity index is 554. The highest BCUT2D eigenvalue weighted by molar-refractivity contribution is 5.76. The van der Waals surface area contributed by atoms with Gasteiger partial charge in [0.05, 0.1) is 13.0 Å². The lowest BCUT2D eigenvalue weighted by atomic mass is 9.81. The highest BCUT2D eigenvalue weighted by Gasteiger charge is 2.37. The van der Waals surface area contributed by atoms with Gasteiger partial charge in [0.2, 0.25) is 5.91 Å². The highest BCUT2D eigenvalue weighted by atomic mass is 16.5. The largest absolute Gasteiger partial charge is 0.384 e. The summed E-state index contributed by atoms with van der Waals surface area (Å²) in [5.74, 6) is 0.234. The number of nitrogens with one attached hydrogen (secondary N) is 1. The maximum Gasteiger partial charge on any atom is 0.224 e. The molecule has 2 atom stereocenters. The van der Waals surface area contributed by atoms with Crippen LogP contribution in [0.4, 0.5) is 0 Å². The van der Waals surface area contributed by atoms with E-state index >= 15 is 0 Å². The van der Waals surface area contributed by atoms with Crippen molar-refractivity contribution in [1.29, 1.82) is 0 Å². The number of amides is 1. The fraction of sp³-hybridized carbons (Fsp3) is 0.667. The number of carbonyl (C=O) groups is 1. The summed E-state index contributed by atoms with van der Waals surface area (Å²) < 4.78 is 5.01. The van der Waals surface area contributed by atoms with Crippen molar-refractivity contribution in [2.45, 2.75) is 62.9 Å². The normalized spacial score (nSPS) is 27.6. The topological polar surface area (TPSA) is 41.6 Å². The summed E-state index contributed by atoms with van der Waals surface area (Å²) in [5, 5.41) is 3.88. The maximum absolute atomic E-state index is 12.1. The zero-order valence-corrected chi connectivity index (χ0v) is 15.7. The number of carbonyl (C=O) groups excluding carboxylic acids is 1. The van der Waals surface area contributed by atoms with Gasteiger partial charge in [-0.15, -0.1) is 0 Å². The number of ether oxygens (including phenoxy) is 1. The number of methoxy groups -OCH3 is 1. The summed E-state index contributed by atoms with van der Waals surface area (Å²) in [7, 11) is 1.65. The van der Waals surface area contributed by atoms with E-state index in [2.05, 4.69) is 42.6 Å². The number of rotatable bonds is 6. The molecule has 1 aromatic rings. The van der Waals surface area contributed by atoms with Crippen LogP contribution in [0.1, 0.15) is 51.0 Å². The van der Waals surface area contributed by atoms with Crippen LogP contribution in [-0.4, -0.2) is 49.7 Å². The molecule has 0 radical (unpaired) electrons. The molecule has 0 aromatic heterocycles. The van der Waals surface area contributed by atoms with E-state index in [9.17, 15) is 4.79 Å². The smallest absolute Gasteiger partial charge is 0.224 e. The van der Waals surface area contributed by atoms with E-state index in [0.717, 1.165) is 25.9 Å². The summed E-state index contributed by atoms with van der Waals surface area (Å²) in [6.07, 6.45) is 6.35. The molecule has 1 aromatic carbocycles. The van der Waals surface area contributed by atoms with Crippen molar-refractivity contribution in [2.75, 3.05) is 26.8 Å². The number of hydrogen-bond acceptors (Lipinski definition) is 3. The molecule has 138 valence electrons. The fourth-order valence-corrected chi connectivity index (χ4v) is 4.46. The Kier molecular flexibility index (Phi) is 6.13. The minimum absolute atomic E-state index is 0.234. The van der Waals surface area contributed by atoms with Gasteiger partial charge in [0.25, 0.3) is 0 Å². The first-order valence-electron chi connectivity index (χ1n) is 9.69. The average molecular weight is 344 g/mol. The molecule has 25 heavy (non-hydrogen) atoms. The van der Waals surface area contributed by atoms with E-state index in [1.165, 1.54) is 24.8 Å². The average Bonchev–Trinajstić information content (AvgIpc) is 3.03. The van der Waals surface area contributed by atoms with Gasteiger partial charge in [-0.3, -0.25) is 4.79 Å². The van der Waals surface area contributed by atoms with E-state index in [-0.39, 0.29) is 5.91 Å². The molecule has 0 unspecified atom stereocenters. The van der Waals surface area contributed by atoms with Gasteiger partial charge in [-0.2, -0.15) is 0 Å². The SMILES string of the molecule is COCCC(=O)N1CCC(N[C@@H]2CC[C@@](C)(c3ccccc3)C2)CC1. The monoisotopic (exact) mass is 344 g/mol. The number of piperidine rings is 1. The van der Waals surface area contributed by atoms with Crippen LogP contribution in [0.15, 0.2) is 30.3 Å². The fourth-order valence-electron chi connectivity index (χ4n) is 4.46. The third-order valence-corrected chi connectivity index (χ3v) is 6.05. The Hall–Kier alpha value is -1.39. The van der Waals surface area contributed by atoms with Crippen LogP contribution >= 0.6 is 0 Å². The van der Waals surface area contributed by atoms with Crippen molar-refractivity contribution in [3.63, 3.8) is 0 Å². The molecule has 3 rings (SSSR count). The lowest BCUT2D eigenvalue weighted by molar-refractivity contribution is -0.133. The minimum Gasteiger partial charge on any atom is -0.384 e. The van der Waals surface area contributed by atoms with Crippen LogP contribution in [0.25, 0.3) is 0 Å². The van der Waals surface area contributed by atoms with Crippen LogP contribution < -0.4 is 5.32 Å². The molecule has 0 bridgehead atoms. The second-order valence-corrected chi connectivity index (χ2v) is 7.93. The van der Waals surface area contributed by atoms with Crippen LogP contribution in [-0.2, 0) is 14.9 Å². The number of benzene rings is 1. The number of likely N-dealkylation sites (tertiary alicyclic amines) is 1. The zero-order chi connectivity index (χ0) is 17.7. The maximum atomic E-state index is 12.1. The van der Waals surface area contributed by atoms with Gasteiger partial charge in [0.15, 0.2) is 0 Å². The van der Waals surface area contributed by atoms with Gasteiger partial charge in [-0.1, -0.05) is 37.3 Å². The van der Waals surface area contributed by atoms with Crippen molar-refractivity contribution in [2.24, 2.45) is 0 Å². The summed E-state index contributed by atoms with van der Waals surface area (Å²) >= 11 is 0. The quantitative estimate of drug-likeness (QED) is 0.862. The third kappa shape index (κ3) is 4.62. The standard InChI is InChI=1S/C21H32N2O2/c1-21(17-6-4-3-5-7-17)12-8-19(16-21)22-18-9-13-23(14-10-18)20(24)11-15-25-2/h3-7,18-19,22H,8-16H2,1-2H3/t19-,21-/m1/s1. The Morgan fingerprint density at radius 1 is 1.20 bits per heavy atom. The molecule has 0 spiro atoms. The van der Waals surface area contributed by atoms with Gasteiger partial charge in [-0.25, -0.2) is 0 Å².